The van der Waals surface area contributed by atoms with Crippen molar-refractivity contribution < 1.29 is 9.53 Å². The summed E-state index contributed by atoms with van der Waals surface area (Å²) in [7, 11) is 0. The van der Waals surface area contributed by atoms with Crippen LogP contribution in [0, 0.1) is 0 Å². The average molecular weight is 421 g/mol. The van der Waals surface area contributed by atoms with E-state index in [0.29, 0.717) is 11.6 Å². The summed E-state index contributed by atoms with van der Waals surface area (Å²) in [4.78, 5) is 11.9. The number of ether oxygens (including phenoxy) is 1. The molecule has 0 saturated heterocycles. The molecule has 0 atom stereocenters. The molecule has 1 amide bonds. The smallest absolute Gasteiger partial charge is 0.413 e. The van der Waals surface area contributed by atoms with Crippen LogP contribution in [0.25, 0.3) is 0 Å². The number of nitrogens with one attached hydrogen (secondary N) is 1. The first-order chi connectivity index (χ1) is 12.1. The van der Waals surface area contributed by atoms with Crippen LogP contribution in [0.4, 0.5) is 10.6 Å². The number of carbonyl (C=O) groups excluding carboxylic acids is 1. The van der Waals surface area contributed by atoms with Gasteiger partial charge in [0.05, 0.1) is 6.54 Å². The Morgan fingerprint density at radius 2 is 1.84 bits per heavy atom. The van der Waals surface area contributed by atoms with E-state index < -0.39 is 6.09 Å². The van der Waals surface area contributed by atoms with Crippen LogP contribution in [0.1, 0.15) is 11.1 Å². The fourth-order valence-electron chi connectivity index (χ4n) is 2.20. The Morgan fingerprint density at radius 3 is 2.56 bits per heavy atom. The lowest BCUT2D eigenvalue weighted by molar-refractivity contribution is 0.155. The summed E-state index contributed by atoms with van der Waals surface area (Å²) in [6.45, 7) is 0.734. The zero-order valence-electron chi connectivity index (χ0n) is 13.2. The number of benzene rings is 2. The number of nitrogens with zero attached hydrogens (tertiary/aromatic N) is 2. The summed E-state index contributed by atoms with van der Waals surface area (Å²) in [5.74, 6) is 0.275. The second-order valence-corrected chi connectivity index (χ2v) is 6.66. The molecule has 0 bridgehead atoms. The molecule has 0 unspecified atom stereocenters. The molecule has 0 fully saturated rings. The van der Waals surface area contributed by atoms with Crippen molar-refractivity contribution in [3.05, 3.63) is 81.4 Å². The standard InChI is InChI=1S/C18H15BrClN3O2/c19-15-8-6-13(7-9-15)10-23-11-16(20)17(22-23)21-18(24)25-12-14-4-2-1-3-5-14/h1-9,11H,10,12H2,(H,21,22,24). The summed E-state index contributed by atoms with van der Waals surface area (Å²) < 4.78 is 7.84. The van der Waals surface area contributed by atoms with Gasteiger partial charge in [0.15, 0.2) is 5.82 Å². The molecule has 0 aliphatic heterocycles. The first-order valence-corrected chi connectivity index (χ1v) is 8.72. The predicted molar refractivity (Wildman–Crippen MR) is 101 cm³/mol. The molecular formula is C18H15BrClN3O2. The lowest BCUT2D eigenvalue weighted by atomic mass is 10.2. The highest BCUT2D eigenvalue weighted by Gasteiger charge is 2.12. The molecule has 0 aliphatic carbocycles. The van der Waals surface area contributed by atoms with Crippen LogP contribution in [0.2, 0.25) is 5.02 Å². The number of hydrogen-bond acceptors (Lipinski definition) is 3. The van der Waals surface area contributed by atoms with Crippen molar-refractivity contribution in [3.63, 3.8) is 0 Å². The van der Waals surface area contributed by atoms with Crippen LogP contribution in [-0.4, -0.2) is 15.9 Å². The van der Waals surface area contributed by atoms with Crippen molar-refractivity contribution in [3.8, 4) is 0 Å². The minimum atomic E-state index is -0.598. The van der Waals surface area contributed by atoms with Crippen LogP contribution >= 0.6 is 27.5 Å². The van der Waals surface area contributed by atoms with E-state index in [2.05, 4.69) is 26.3 Å². The Labute approximate surface area is 158 Å². The van der Waals surface area contributed by atoms with E-state index in [1.807, 2.05) is 54.6 Å². The minimum absolute atomic E-state index is 0.184. The van der Waals surface area contributed by atoms with Gasteiger partial charge in [0, 0.05) is 10.7 Å². The molecule has 0 saturated carbocycles. The molecule has 1 aromatic heterocycles. The maximum atomic E-state index is 11.9. The first-order valence-electron chi connectivity index (χ1n) is 7.55. The van der Waals surface area contributed by atoms with Gasteiger partial charge in [-0.05, 0) is 23.3 Å². The van der Waals surface area contributed by atoms with Crippen molar-refractivity contribution in [1.82, 2.24) is 9.78 Å². The summed E-state index contributed by atoms with van der Waals surface area (Å²) in [6.07, 6.45) is 1.07. The van der Waals surface area contributed by atoms with Gasteiger partial charge in [-0.2, -0.15) is 5.10 Å². The molecule has 0 aliphatic rings. The van der Waals surface area contributed by atoms with Crippen molar-refractivity contribution >= 4 is 39.4 Å². The van der Waals surface area contributed by atoms with E-state index in [4.69, 9.17) is 16.3 Å². The van der Waals surface area contributed by atoms with Gasteiger partial charge in [0.1, 0.15) is 11.6 Å². The van der Waals surface area contributed by atoms with Crippen molar-refractivity contribution in [2.75, 3.05) is 5.32 Å². The van der Waals surface area contributed by atoms with Gasteiger partial charge in [0.2, 0.25) is 0 Å². The first kappa shape index (κ1) is 17.5. The van der Waals surface area contributed by atoms with E-state index in [-0.39, 0.29) is 12.4 Å². The van der Waals surface area contributed by atoms with Crippen molar-refractivity contribution in [2.45, 2.75) is 13.2 Å². The normalized spacial score (nSPS) is 10.5. The molecule has 3 aromatic rings. The van der Waals surface area contributed by atoms with Crippen molar-refractivity contribution in [1.29, 1.82) is 0 Å². The molecule has 7 heteroatoms. The van der Waals surface area contributed by atoms with Crippen LogP contribution in [0.15, 0.2) is 65.3 Å². The molecule has 0 spiro atoms. The molecule has 3 rings (SSSR count). The summed E-state index contributed by atoms with van der Waals surface area (Å²) in [5.41, 5.74) is 1.98. The van der Waals surface area contributed by atoms with Gasteiger partial charge in [-0.15, -0.1) is 0 Å². The second-order valence-electron chi connectivity index (χ2n) is 5.34. The Hall–Kier alpha value is -2.31. The quantitative estimate of drug-likeness (QED) is 0.625. The third-order valence-electron chi connectivity index (χ3n) is 3.41. The van der Waals surface area contributed by atoms with Crippen LogP contribution in [0.5, 0.6) is 0 Å². The molecule has 128 valence electrons. The number of amides is 1. The lowest BCUT2D eigenvalue weighted by Gasteiger charge is -2.05. The number of carbonyl (C=O) groups is 1. The summed E-state index contributed by atoms with van der Waals surface area (Å²) >= 11 is 9.54. The van der Waals surface area contributed by atoms with E-state index in [1.54, 1.807) is 10.9 Å². The van der Waals surface area contributed by atoms with Gasteiger partial charge in [0.25, 0.3) is 0 Å². The monoisotopic (exact) mass is 419 g/mol. The third kappa shape index (κ3) is 5.08. The maximum Gasteiger partial charge on any atom is 0.413 e. The zero-order chi connectivity index (χ0) is 17.6. The molecule has 0 radical (unpaired) electrons. The lowest BCUT2D eigenvalue weighted by Crippen LogP contribution is -2.14. The number of anilines is 1. The predicted octanol–water partition coefficient (Wildman–Crippen LogP) is 5.10. The number of aromatic nitrogens is 2. The molecule has 5 nitrogen and oxygen atoms in total. The minimum Gasteiger partial charge on any atom is -0.444 e. The number of rotatable bonds is 5. The van der Waals surface area contributed by atoms with Crippen molar-refractivity contribution in [2.24, 2.45) is 0 Å². The Morgan fingerprint density at radius 1 is 1.12 bits per heavy atom. The zero-order valence-corrected chi connectivity index (χ0v) is 15.5. The van der Waals surface area contributed by atoms with Gasteiger partial charge < -0.3 is 4.74 Å². The highest BCUT2D eigenvalue weighted by Crippen LogP contribution is 2.21. The Kier molecular flexibility index (Phi) is 5.73. The topological polar surface area (TPSA) is 56.2 Å². The van der Waals surface area contributed by atoms with E-state index >= 15 is 0 Å². The molecule has 1 heterocycles. The summed E-state index contributed by atoms with van der Waals surface area (Å²) in [6, 6.07) is 17.3. The van der Waals surface area contributed by atoms with Crippen LogP contribution in [-0.2, 0) is 17.9 Å². The number of hydrogen-bond donors (Lipinski definition) is 1. The Bertz CT molecular complexity index is 851. The van der Waals surface area contributed by atoms with E-state index in [1.165, 1.54) is 0 Å². The molecule has 2 aromatic carbocycles. The van der Waals surface area contributed by atoms with E-state index in [9.17, 15) is 4.79 Å². The molecular weight excluding hydrogens is 406 g/mol. The number of halogens is 2. The molecule has 1 N–H and O–H groups in total. The Balaban J connectivity index is 1.58. The van der Waals surface area contributed by atoms with Gasteiger partial charge in [-0.25, -0.2) is 4.79 Å². The highest BCUT2D eigenvalue weighted by molar-refractivity contribution is 9.10. The van der Waals surface area contributed by atoms with E-state index in [0.717, 1.165) is 15.6 Å². The maximum absolute atomic E-state index is 11.9. The third-order valence-corrected chi connectivity index (χ3v) is 4.21. The fourth-order valence-corrected chi connectivity index (χ4v) is 2.66. The average Bonchev–Trinajstić information content (AvgIpc) is 2.95. The highest BCUT2D eigenvalue weighted by atomic mass is 79.9. The SMILES string of the molecule is O=C(Nc1nn(Cc2ccc(Br)cc2)cc1Cl)OCc1ccccc1. The fraction of sp³-hybridized carbons (Fsp3) is 0.111. The van der Waals surface area contributed by atoms with Gasteiger partial charge in [-0.3, -0.25) is 10.00 Å². The van der Waals surface area contributed by atoms with Crippen LogP contribution < -0.4 is 5.32 Å². The van der Waals surface area contributed by atoms with Gasteiger partial charge >= 0.3 is 6.09 Å². The second kappa shape index (κ2) is 8.18. The summed E-state index contributed by atoms with van der Waals surface area (Å²) in [5, 5.41) is 7.20. The largest absolute Gasteiger partial charge is 0.444 e. The van der Waals surface area contributed by atoms with Gasteiger partial charge in [-0.1, -0.05) is 70.0 Å². The van der Waals surface area contributed by atoms with Crippen LogP contribution in [0.3, 0.4) is 0 Å². The molecule has 25 heavy (non-hydrogen) atoms.